The van der Waals surface area contributed by atoms with Crippen molar-refractivity contribution in [3.05, 3.63) is 133 Å². The normalized spacial score (nSPS) is 10.5. The van der Waals surface area contributed by atoms with E-state index in [9.17, 15) is 19.5 Å². The Kier molecular flexibility index (Phi) is 14.1. The number of hydrogen-bond donors (Lipinski definition) is 4. The van der Waals surface area contributed by atoms with Gasteiger partial charge in [0.25, 0.3) is 0 Å². The number of rotatable bonds is 4. The van der Waals surface area contributed by atoms with Gasteiger partial charge in [-0.15, -0.1) is 0 Å². The summed E-state index contributed by atoms with van der Waals surface area (Å²) in [6, 6.07) is 28.0. The molecule has 0 aliphatic rings. The highest BCUT2D eigenvalue weighted by molar-refractivity contribution is 6.42. The van der Waals surface area contributed by atoms with Crippen LogP contribution in [0.2, 0.25) is 30.1 Å². The van der Waals surface area contributed by atoms with Crippen LogP contribution in [-0.2, 0) is 9.59 Å². The molecule has 10 nitrogen and oxygen atoms in total. The van der Waals surface area contributed by atoms with E-state index in [2.05, 4.69) is 5.32 Å². The van der Waals surface area contributed by atoms with Crippen LogP contribution in [0.1, 0.15) is 13.8 Å². The average Bonchev–Trinajstić information content (AvgIpc) is 3.15. The van der Waals surface area contributed by atoms with Crippen molar-refractivity contribution in [1.82, 2.24) is 0 Å². The number of carbonyl (C=O) groups is 3. The van der Waals surface area contributed by atoms with Gasteiger partial charge in [-0.05, 0) is 84.9 Å². The van der Waals surface area contributed by atoms with Gasteiger partial charge in [-0.1, -0.05) is 87.8 Å². The predicted molar refractivity (Wildman–Crippen MR) is 231 cm³/mol. The van der Waals surface area contributed by atoms with Crippen molar-refractivity contribution < 1.29 is 33.7 Å². The van der Waals surface area contributed by atoms with Crippen LogP contribution in [0.15, 0.2) is 103 Å². The third kappa shape index (κ3) is 10.7. The van der Waals surface area contributed by atoms with Gasteiger partial charge in [0.05, 0.1) is 47.2 Å². The minimum Gasteiger partial charge on any atom is -0.508 e. The standard InChI is InChI=1S/C19H13Cl2NO4.C12H9Cl2NO2.C10H7Cl2NO/c1-11(23)25-13-7-8-14-15(9-13)18(17(21)10-16(14)20)22-19(24)26-12-5-3-2-4-6-12;1-6(16)17-7-2-3-8-9(4-7)12(15)11(14)5-10(8)13;11-8-4-9(12)10(13)7-3-5(14)1-2-6(7)8/h2-10H,1H3,(H,22,24);2-5H,15H2,1H3;1-4,14H,13H2. The fourth-order valence-corrected chi connectivity index (χ4v) is 7.02. The Morgan fingerprint density at radius 1 is 0.491 bits per heavy atom. The minimum atomic E-state index is -0.709. The molecule has 0 bridgehead atoms. The van der Waals surface area contributed by atoms with E-state index in [4.69, 9.17) is 95.3 Å². The summed E-state index contributed by atoms with van der Waals surface area (Å²) >= 11 is 36.3. The molecule has 0 heterocycles. The molecule has 0 saturated heterocycles. The van der Waals surface area contributed by atoms with Crippen LogP contribution < -0.4 is 31.0 Å². The summed E-state index contributed by atoms with van der Waals surface area (Å²) in [5.41, 5.74) is 12.8. The third-order valence-corrected chi connectivity index (χ3v) is 9.69. The molecule has 7 aromatic carbocycles. The maximum Gasteiger partial charge on any atom is 0.417 e. The lowest BCUT2D eigenvalue weighted by atomic mass is 10.1. The number of phenols is 1. The van der Waals surface area contributed by atoms with Crippen molar-refractivity contribution in [3.63, 3.8) is 0 Å². The first-order valence-electron chi connectivity index (χ1n) is 16.4. The molecular weight excluding hydrogens is 859 g/mol. The molecule has 0 radical (unpaired) electrons. The summed E-state index contributed by atoms with van der Waals surface area (Å²) < 4.78 is 15.3. The molecule has 1 amide bonds. The van der Waals surface area contributed by atoms with E-state index in [1.165, 1.54) is 19.9 Å². The second-order valence-electron chi connectivity index (χ2n) is 11.9. The number of nitrogen functional groups attached to an aromatic ring is 2. The van der Waals surface area contributed by atoms with Crippen molar-refractivity contribution in [3.8, 4) is 23.0 Å². The molecule has 7 rings (SSSR count). The number of nitrogens with one attached hydrogen (secondary N) is 1. The van der Waals surface area contributed by atoms with Crippen molar-refractivity contribution >= 4 is 137 Å². The van der Waals surface area contributed by atoms with E-state index in [-0.39, 0.29) is 10.8 Å². The molecular formula is C41H29Cl6N3O7. The van der Waals surface area contributed by atoms with Crippen LogP contribution in [0.25, 0.3) is 32.3 Å². The van der Waals surface area contributed by atoms with Crippen LogP contribution in [-0.4, -0.2) is 23.1 Å². The van der Waals surface area contributed by atoms with Crippen LogP contribution >= 0.6 is 69.6 Å². The smallest absolute Gasteiger partial charge is 0.417 e. The first-order valence-corrected chi connectivity index (χ1v) is 18.6. The van der Waals surface area contributed by atoms with E-state index < -0.39 is 18.0 Å². The van der Waals surface area contributed by atoms with Gasteiger partial charge >= 0.3 is 18.0 Å². The fourth-order valence-electron chi connectivity index (χ4n) is 5.35. The number of phenolic OH excluding ortho intramolecular Hbond substituents is 1. The third-order valence-electron chi connectivity index (χ3n) is 7.82. The van der Waals surface area contributed by atoms with Crippen molar-refractivity contribution in [2.24, 2.45) is 0 Å². The molecule has 292 valence electrons. The molecule has 0 fully saturated rings. The number of aromatic hydroxyl groups is 1. The molecule has 0 aliphatic heterocycles. The number of fused-ring (bicyclic) bond motifs is 3. The first kappa shape index (κ1) is 42.8. The van der Waals surface area contributed by atoms with Crippen molar-refractivity contribution in [2.45, 2.75) is 13.8 Å². The number of hydrogen-bond acceptors (Lipinski definition) is 9. The van der Waals surface area contributed by atoms with Crippen LogP contribution in [0, 0.1) is 0 Å². The Labute approximate surface area is 355 Å². The molecule has 7 aromatic rings. The summed E-state index contributed by atoms with van der Waals surface area (Å²) in [7, 11) is 0. The molecule has 0 unspecified atom stereocenters. The molecule has 0 saturated carbocycles. The lowest BCUT2D eigenvalue weighted by Gasteiger charge is -2.13. The highest BCUT2D eigenvalue weighted by atomic mass is 35.5. The molecule has 0 aromatic heterocycles. The van der Waals surface area contributed by atoms with Gasteiger partial charge in [0, 0.05) is 46.2 Å². The van der Waals surface area contributed by atoms with Gasteiger partial charge in [0.15, 0.2) is 0 Å². The summed E-state index contributed by atoms with van der Waals surface area (Å²) in [6.45, 7) is 2.63. The maximum atomic E-state index is 12.2. The quantitative estimate of drug-likeness (QED) is 0.0765. The second-order valence-corrected chi connectivity index (χ2v) is 14.3. The maximum absolute atomic E-state index is 12.2. The lowest BCUT2D eigenvalue weighted by molar-refractivity contribution is -0.132. The Morgan fingerprint density at radius 3 is 1.44 bits per heavy atom. The summed E-state index contributed by atoms with van der Waals surface area (Å²) in [5.74, 6) is 0.395. The van der Waals surface area contributed by atoms with E-state index in [0.717, 1.165) is 10.8 Å². The predicted octanol–water partition coefficient (Wildman–Crippen LogP) is 12.8. The van der Waals surface area contributed by atoms with Gasteiger partial charge in [0.1, 0.15) is 23.0 Å². The molecule has 0 spiro atoms. The number of carbonyl (C=O) groups excluding carboxylic acids is 3. The van der Waals surface area contributed by atoms with Crippen molar-refractivity contribution in [1.29, 1.82) is 0 Å². The topological polar surface area (TPSA) is 163 Å². The monoisotopic (exact) mass is 885 g/mol. The Morgan fingerprint density at radius 2 is 0.930 bits per heavy atom. The van der Waals surface area contributed by atoms with E-state index in [1.807, 2.05) is 6.07 Å². The van der Waals surface area contributed by atoms with E-state index >= 15 is 0 Å². The summed E-state index contributed by atoms with van der Waals surface area (Å²) in [5, 5.41) is 18.4. The molecule has 0 atom stereocenters. The van der Waals surface area contributed by atoms with Gasteiger partial charge in [-0.3, -0.25) is 14.9 Å². The van der Waals surface area contributed by atoms with Gasteiger partial charge in [0.2, 0.25) is 0 Å². The zero-order chi connectivity index (χ0) is 41.6. The number of para-hydroxylation sites is 1. The highest BCUT2D eigenvalue weighted by Crippen LogP contribution is 2.40. The summed E-state index contributed by atoms with van der Waals surface area (Å²) in [6.07, 6.45) is -0.709. The SMILES string of the molecule is CC(=O)Oc1ccc2c(Cl)cc(Cl)c(N)c2c1.CC(=O)Oc1ccc2c(Cl)cc(Cl)c(NC(=O)Oc3ccccc3)c2c1.Nc1c(Cl)cc(Cl)c2ccc(O)cc12. The number of ether oxygens (including phenoxy) is 3. The highest BCUT2D eigenvalue weighted by Gasteiger charge is 2.16. The molecule has 6 N–H and O–H groups in total. The Hall–Kier alpha value is -5.33. The number of benzene rings is 7. The van der Waals surface area contributed by atoms with Crippen LogP contribution in [0.3, 0.4) is 0 Å². The van der Waals surface area contributed by atoms with Crippen LogP contribution in [0.4, 0.5) is 21.9 Å². The zero-order valence-corrected chi connectivity index (χ0v) is 34.2. The number of amides is 1. The van der Waals surface area contributed by atoms with E-state index in [0.29, 0.717) is 81.0 Å². The lowest BCUT2D eigenvalue weighted by Crippen LogP contribution is -2.17. The summed E-state index contributed by atoms with van der Waals surface area (Å²) in [4.78, 5) is 34.3. The second kappa shape index (κ2) is 18.7. The Balaban J connectivity index is 0.000000173. The fraction of sp³-hybridized carbons (Fsp3) is 0.0488. The Bertz CT molecular complexity index is 2680. The van der Waals surface area contributed by atoms with Gasteiger partial charge in [-0.25, -0.2) is 4.79 Å². The minimum absolute atomic E-state index is 0.141. The first-order chi connectivity index (χ1) is 27.0. The number of nitrogens with two attached hydrogens (primary N) is 2. The average molecular weight is 888 g/mol. The zero-order valence-electron chi connectivity index (χ0n) is 29.6. The molecule has 16 heteroatoms. The largest absolute Gasteiger partial charge is 0.508 e. The van der Waals surface area contributed by atoms with Crippen molar-refractivity contribution in [2.75, 3.05) is 16.8 Å². The molecule has 0 aliphatic carbocycles. The van der Waals surface area contributed by atoms with Gasteiger partial charge < -0.3 is 30.8 Å². The molecule has 57 heavy (non-hydrogen) atoms. The van der Waals surface area contributed by atoms with E-state index in [1.54, 1.807) is 91.0 Å². The van der Waals surface area contributed by atoms with Crippen LogP contribution in [0.5, 0.6) is 23.0 Å². The number of halogens is 6. The number of esters is 2. The van der Waals surface area contributed by atoms with Gasteiger partial charge in [-0.2, -0.15) is 0 Å². The number of anilines is 3.